The second-order valence-electron chi connectivity index (χ2n) is 17.5. The van der Waals surface area contributed by atoms with Gasteiger partial charge in [0.1, 0.15) is 0 Å². The Hall–Kier alpha value is 0.961. The van der Waals surface area contributed by atoms with Crippen LogP contribution in [0.25, 0.3) is 64.6 Å². The van der Waals surface area contributed by atoms with Crippen LogP contribution in [0.5, 0.6) is 0 Å². The van der Waals surface area contributed by atoms with Crippen LogP contribution in [-0.4, -0.2) is 47.9 Å². The second-order valence-corrected chi connectivity index (χ2v) is 17.5. The Bertz CT molecular complexity index is 3980. The van der Waals surface area contributed by atoms with Crippen molar-refractivity contribution in [2.45, 2.75) is 0 Å². The van der Waals surface area contributed by atoms with E-state index < -0.39 is 41.8 Å². The van der Waals surface area contributed by atoms with Crippen LogP contribution in [-0.2, 0) is 9.59 Å². The van der Waals surface area contributed by atoms with Gasteiger partial charge < -0.3 is 69.3 Å². The molecule has 0 aromatic heterocycles. The SMILES string of the molecule is O=C([O-])c1cc2ccccc2cc1C(=O)[O-].O=C([O-])c1cc2ccccc2cc1C(=O)[O-].O=C([O-])c1ccc2c[c-]ccc2c1.O=C([O-])c1ccc2ccccc2c1.O=C([O-])c1ccc2ccccc2c1.O=C=O.[K+].[K+].[K+].[K+].[K+].[K+].[K+].[K+].c1ccc2ccccc2c1. The molecule has 24 heteroatoms. The van der Waals surface area contributed by atoms with Crippen LogP contribution < -0.4 is 447 Å². The van der Waals surface area contributed by atoms with E-state index in [1.54, 1.807) is 103 Å². The van der Waals surface area contributed by atoms with Crippen LogP contribution in [0, 0.1) is 6.07 Å². The summed E-state index contributed by atoms with van der Waals surface area (Å²) in [6.07, 6.45) is 0.250. The van der Waals surface area contributed by atoms with Crippen molar-refractivity contribution in [3.63, 3.8) is 0 Å². The molecule has 0 spiro atoms. The molecule has 0 fully saturated rings. The zero-order valence-electron chi connectivity index (χ0n) is 51.6. The first kappa shape index (κ1) is 97.1. The Morgan fingerprint density at radius 2 is 0.424 bits per heavy atom. The van der Waals surface area contributed by atoms with Crippen molar-refractivity contribution in [2.24, 2.45) is 0 Å². The first-order chi connectivity index (χ1) is 40.4. The van der Waals surface area contributed by atoms with Crippen molar-refractivity contribution < 1.29 is 490 Å². The second kappa shape index (κ2) is 52.0. The first-order valence-corrected chi connectivity index (χ1v) is 24.7. The van der Waals surface area contributed by atoms with Gasteiger partial charge in [-0.25, -0.2) is 0 Å². The van der Waals surface area contributed by atoms with E-state index >= 15 is 0 Å². The van der Waals surface area contributed by atoms with Gasteiger partial charge in [0, 0.05) is 22.3 Å². The Morgan fingerprint density at radius 1 is 0.239 bits per heavy atom. The van der Waals surface area contributed by atoms with E-state index in [4.69, 9.17) is 9.59 Å². The number of hydrogen-bond donors (Lipinski definition) is 0. The Morgan fingerprint density at radius 3 is 0.641 bits per heavy atom. The van der Waals surface area contributed by atoms with Crippen molar-refractivity contribution in [1.29, 1.82) is 0 Å². The van der Waals surface area contributed by atoms with Crippen molar-refractivity contribution in [2.75, 3.05) is 0 Å². The Balaban J connectivity index is -0.00000101. The molecule has 0 aliphatic rings. The number of carbonyl (C=O) groups excluding carboxylic acids is 9. The number of carboxylic acid groups (broad SMARTS) is 7. The first-order valence-electron chi connectivity index (χ1n) is 24.7. The molecule has 0 amide bonds. The van der Waals surface area contributed by atoms with E-state index in [0.717, 1.165) is 32.3 Å². The average Bonchev–Trinajstić information content (AvgIpc) is 0.861. The fourth-order valence-electron chi connectivity index (χ4n) is 8.17. The molecule has 0 bridgehead atoms. The Labute approximate surface area is 868 Å². The molecule has 0 saturated carbocycles. The maximum absolute atomic E-state index is 10.8. The number of carbonyl (C=O) groups is 7. The maximum atomic E-state index is 10.8. The number of rotatable bonds is 7. The number of aromatic carboxylic acids is 7. The molecule has 12 aromatic rings. The van der Waals surface area contributed by atoms with Gasteiger partial charge in [0.2, 0.25) is 0 Å². The topological polar surface area (TPSA) is 315 Å². The zero-order valence-corrected chi connectivity index (χ0v) is 76.6. The summed E-state index contributed by atoms with van der Waals surface area (Å²) in [5.41, 5.74) is -0.800. The summed E-state index contributed by atoms with van der Waals surface area (Å²) in [7, 11) is 0. The predicted molar refractivity (Wildman–Crippen MR) is 298 cm³/mol. The third-order valence-corrected chi connectivity index (χ3v) is 12.2. The van der Waals surface area contributed by atoms with Crippen LogP contribution in [0.15, 0.2) is 243 Å². The maximum Gasteiger partial charge on any atom is 1.00 e. The molecule has 92 heavy (non-hydrogen) atoms. The van der Waals surface area contributed by atoms with E-state index in [-0.39, 0.29) is 456 Å². The third-order valence-electron chi connectivity index (χ3n) is 12.2. The summed E-state index contributed by atoms with van der Waals surface area (Å²) >= 11 is 0. The number of carboxylic acids is 7. The van der Waals surface area contributed by atoms with E-state index in [2.05, 4.69) is 54.6 Å². The summed E-state index contributed by atoms with van der Waals surface area (Å²) in [5, 5.41) is 85.6. The van der Waals surface area contributed by atoms with E-state index in [1.165, 1.54) is 41.1 Å². The molecule has 416 valence electrons. The van der Waals surface area contributed by atoms with Crippen LogP contribution in [0.1, 0.15) is 72.5 Å². The van der Waals surface area contributed by atoms with Gasteiger partial charge in [0.25, 0.3) is 0 Å². The van der Waals surface area contributed by atoms with Crippen molar-refractivity contribution in [1.82, 2.24) is 0 Å². The van der Waals surface area contributed by atoms with Crippen LogP contribution in [0.4, 0.5) is 0 Å². The standard InChI is InChI=1S/2C12H8O4.2C11H8O2.C11H7O2.C10H8.CO2.8K/c2*13-11(14)9-5-7-3-1-2-4-8(7)6-10(9)12(15)16;3*12-11(13)10-6-5-8-3-1-2-4-9(8)7-10;1-2-6-10-8-4-3-7-9(10)5-1;2-1-3;;;;;;;;/h2*1-6H,(H,13,14)(H,15,16);2*1-7H,(H,12,13);2-7H,(H,12,13);1-8H;;;;;;;;;/q;;;;-1;;;8*+1/p-7. The van der Waals surface area contributed by atoms with Crippen molar-refractivity contribution in [3.05, 3.63) is 288 Å². The minimum Gasteiger partial charge on any atom is -0.545 e. The summed E-state index contributed by atoms with van der Waals surface area (Å²) in [5.74, 6) is -9.50. The third kappa shape index (κ3) is 31.5. The molecule has 0 aliphatic heterocycles. The van der Waals surface area contributed by atoms with Gasteiger partial charge in [-0.1, -0.05) is 182 Å². The molecular formula is C68H40K8O16. The van der Waals surface area contributed by atoms with Crippen molar-refractivity contribution >= 4 is 113 Å². The fourth-order valence-corrected chi connectivity index (χ4v) is 8.17. The largest absolute Gasteiger partial charge is 1.00 e. The number of fused-ring (bicyclic) bond motifs is 6. The monoisotopic (exact) mass is 1420 g/mol. The van der Waals surface area contributed by atoms with Gasteiger partial charge in [-0.3, -0.25) is 0 Å². The smallest absolute Gasteiger partial charge is 0.545 e. The fraction of sp³-hybridized carbons (Fsp3) is 0. The molecule has 16 nitrogen and oxygen atoms in total. The summed E-state index contributed by atoms with van der Waals surface area (Å²) in [4.78, 5) is 90.9. The molecule has 0 heterocycles. The molecule has 0 atom stereocenters. The molecule has 0 saturated heterocycles. The minimum atomic E-state index is -1.52. The van der Waals surface area contributed by atoms with Gasteiger partial charge in [-0.05, 0) is 107 Å². The Kier molecular flexibility index (Phi) is 54.9. The average molecular weight is 1430 g/mol. The molecule has 0 N–H and O–H groups in total. The van der Waals surface area contributed by atoms with Gasteiger partial charge in [-0.15, -0.1) is 16.8 Å². The van der Waals surface area contributed by atoms with Gasteiger partial charge in [0.05, 0.1) is 41.8 Å². The molecular weight excluding hydrogens is 1390 g/mol. The predicted octanol–water partition coefficient (Wildman–Crippen LogP) is -19.2. The molecule has 12 rings (SSSR count). The molecule has 12 aromatic carbocycles. The van der Waals surface area contributed by atoms with Gasteiger partial charge in [0.15, 0.2) is 0 Å². The summed E-state index contributed by atoms with van der Waals surface area (Å²) < 4.78 is 0. The number of benzene rings is 12. The van der Waals surface area contributed by atoms with E-state index in [1.807, 2.05) is 60.7 Å². The van der Waals surface area contributed by atoms with Crippen LogP contribution >= 0.6 is 0 Å². The quantitative estimate of drug-likeness (QED) is 0.106. The van der Waals surface area contributed by atoms with Crippen molar-refractivity contribution in [3.8, 4) is 0 Å². The summed E-state index contributed by atoms with van der Waals surface area (Å²) in [6.45, 7) is 0. The van der Waals surface area contributed by atoms with E-state index in [0.29, 0.717) is 21.5 Å². The van der Waals surface area contributed by atoms with Crippen LogP contribution in [0.3, 0.4) is 0 Å². The zero-order chi connectivity index (χ0) is 60.7. The van der Waals surface area contributed by atoms with Gasteiger partial charge in [-0.2, -0.15) is 33.9 Å². The molecule has 0 unspecified atom stereocenters. The summed E-state index contributed by atoms with van der Waals surface area (Å²) in [6, 6.07) is 73.8. The van der Waals surface area contributed by atoms with Crippen LogP contribution in [0.2, 0.25) is 0 Å². The minimum absolute atomic E-state index is 0. The van der Waals surface area contributed by atoms with Gasteiger partial charge >= 0.3 is 417 Å². The number of hydrogen-bond acceptors (Lipinski definition) is 16. The molecule has 0 aliphatic carbocycles. The normalized spacial score (nSPS) is 9.04. The molecule has 0 radical (unpaired) electrons. The van der Waals surface area contributed by atoms with E-state index in [9.17, 15) is 69.3 Å².